The van der Waals surface area contributed by atoms with E-state index in [2.05, 4.69) is 15.9 Å². The standard InChI is InChI=1S/C17H20BrFN2O3/c1-17(2,3)15-14(19)13(6-7-21(15)16(22)23)24-12-5-4-11(18)8-10(12)9-20/h4-5,8,13-15H,6-7H2,1-3H3,(H,22,23)/t13-,14-,15?/m1/s1. The summed E-state index contributed by atoms with van der Waals surface area (Å²) in [5.41, 5.74) is -0.262. The Labute approximate surface area is 149 Å². The second-order valence-electron chi connectivity index (χ2n) is 6.93. The molecule has 1 fully saturated rings. The molecule has 24 heavy (non-hydrogen) atoms. The highest BCUT2D eigenvalue weighted by Crippen LogP contribution is 2.36. The molecule has 0 bridgehead atoms. The van der Waals surface area contributed by atoms with Gasteiger partial charge in [0, 0.05) is 17.4 Å². The first kappa shape index (κ1) is 18.5. The van der Waals surface area contributed by atoms with Crippen molar-refractivity contribution in [3.8, 4) is 11.8 Å². The fraction of sp³-hybridized carbons (Fsp3) is 0.529. The second-order valence-corrected chi connectivity index (χ2v) is 7.84. The number of hydrogen-bond donors (Lipinski definition) is 1. The highest BCUT2D eigenvalue weighted by atomic mass is 79.9. The Morgan fingerprint density at radius 1 is 1.50 bits per heavy atom. The number of amides is 1. The normalized spacial score (nSPS) is 24.3. The van der Waals surface area contributed by atoms with Crippen molar-refractivity contribution in [2.75, 3.05) is 6.54 Å². The number of benzene rings is 1. The average Bonchev–Trinajstić information content (AvgIpc) is 2.48. The lowest BCUT2D eigenvalue weighted by Crippen LogP contribution is -2.60. The van der Waals surface area contributed by atoms with Gasteiger partial charge in [-0.05, 0) is 23.6 Å². The van der Waals surface area contributed by atoms with Gasteiger partial charge < -0.3 is 14.7 Å². The van der Waals surface area contributed by atoms with Gasteiger partial charge in [0.15, 0.2) is 6.17 Å². The Kier molecular flexibility index (Phi) is 5.38. The summed E-state index contributed by atoms with van der Waals surface area (Å²) in [5.74, 6) is 0.310. The van der Waals surface area contributed by atoms with Crippen LogP contribution in [0.4, 0.5) is 9.18 Å². The monoisotopic (exact) mass is 398 g/mol. The molecule has 1 aliphatic heterocycles. The van der Waals surface area contributed by atoms with E-state index in [-0.39, 0.29) is 13.0 Å². The number of likely N-dealkylation sites (tertiary alicyclic amines) is 1. The van der Waals surface area contributed by atoms with Crippen molar-refractivity contribution in [1.82, 2.24) is 4.90 Å². The molecule has 130 valence electrons. The molecule has 5 nitrogen and oxygen atoms in total. The molecule has 1 heterocycles. The molecule has 0 radical (unpaired) electrons. The molecule has 0 saturated carbocycles. The number of hydrogen-bond acceptors (Lipinski definition) is 3. The molecule has 0 spiro atoms. The minimum Gasteiger partial charge on any atom is -0.486 e. The summed E-state index contributed by atoms with van der Waals surface area (Å²) < 4.78 is 21.6. The predicted molar refractivity (Wildman–Crippen MR) is 90.8 cm³/mol. The Bertz CT molecular complexity index is 669. The molecule has 1 N–H and O–H groups in total. The van der Waals surface area contributed by atoms with Gasteiger partial charge in [0.1, 0.15) is 17.9 Å². The lowest BCUT2D eigenvalue weighted by molar-refractivity contribution is -0.0513. The third-order valence-corrected chi connectivity index (χ3v) is 4.61. The number of carboxylic acid groups (broad SMARTS) is 1. The molecule has 0 aliphatic carbocycles. The average molecular weight is 399 g/mol. The number of carbonyl (C=O) groups is 1. The number of halogens is 2. The number of alkyl halides is 1. The van der Waals surface area contributed by atoms with Gasteiger partial charge in [-0.15, -0.1) is 0 Å². The largest absolute Gasteiger partial charge is 0.486 e. The number of nitrogens with zero attached hydrogens (tertiary/aromatic N) is 2. The van der Waals surface area contributed by atoms with Gasteiger partial charge in [-0.1, -0.05) is 36.7 Å². The van der Waals surface area contributed by atoms with Crippen molar-refractivity contribution in [3.63, 3.8) is 0 Å². The van der Waals surface area contributed by atoms with Gasteiger partial charge in [-0.2, -0.15) is 5.26 Å². The van der Waals surface area contributed by atoms with Crippen molar-refractivity contribution < 1.29 is 19.0 Å². The summed E-state index contributed by atoms with van der Waals surface area (Å²) >= 11 is 3.28. The smallest absolute Gasteiger partial charge is 0.407 e. The highest BCUT2D eigenvalue weighted by Gasteiger charge is 2.47. The third-order valence-electron chi connectivity index (χ3n) is 4.12. The van der Waals surface area contributed by atoms with E-state index in [4.69, 9.17) is 4.74 Å². The van der Waals surface area contributed by atoms with Gasteiger partial charge in [-0.25, -0.2) is 9.18 Å². The maximum Gasteiger partial charge on any atom is 0.407 e. The first-order valence-corrected chi connectivity index (χ1v) is 8.44. The van der Waals surface area contributed by atoms with E-state index in [1.165, 1.54) is 0 Å². The van der Waals surface area contributed by atoms with Crippen LogP contribution in [0.25, 0.3) is 0 Å². The zero-order chi connectivity index (χ0) is 18.1. The van der Waals surface area contributed by atoms with Gasteiger partial charge in [0.2, 0.25) is 0 Å². The van der Waals surface area contributed by atoms with Crippen LogP contribution in [-0.4, -0.2) is 41.0 Å². The van der Waals surface area contributed by atoms with Gasteiger partial charge >= 0.3 is 6.09 Å². The molecule has 1 amide bonds. The molecule has 7 heteroatoms. The molecule has 1 unspecified atom stereocenters. The lowest BCUT2D eigenvalue weighted by Gasteiger charge is -2.46. The van der Waals surface area contributed by atoms with Crippen molar-refractivity contribution >= 4 is 22.0 Å². The first-order chi connectivity index (χ1) is 11.1. The van der Waals surface area contributed by atoms with E-state index in [9.17, 15) is 15.2 Å². The van der Waals surface area contributed by atoms with Gasteiger partial charge in [0.25, 0.3) is 0 Å². The summed E-state index contributed by atoms with van der Waals surface area (Å²) in [6.07, 6.45) is -3.17. The number of nitriles is 1. The summed E-state index contributed by atoms with van der Waals surface area (Å²) in [4.78, 5) is 12.6. The molecule has 0 aromatic heterocycles. The van der Waals surface area contributed by atoms with Crippen LogP contribution in [0.2, 0.25) is 0 Å². The minimum atomic E-state index is -1.48. The topological polar surface area (TPSA) is 73.6 Å². The fourth-order valence-corrected chi connectivity index (χ4v) is 3.44. The van der Waals surface area contributed by atoms with E-state index in [0.717, 1.165) is 9.37 Å². The quantitative estimate of drug-likeness (QED) is 0.809. The Balaban J connectivity index is 2.27. The van der Waals surface area contributed by atoms with Crippen molar-refractivity contribution in [2.45, 2.75) is 45.5 Å². The van der Waals surface area contributed by atoms with Crippen molar-refractivity contribution in [2.24, 2.45) is 5.41 Å². The Hall–Kier alpha value is -1.81. The van der Waals surface area contributed by atoms with Crippen molar-refractivity contribution in [1.29, 1.82) is 5.26 Å². The maximum atomic E-state index is 15.1. The van der Waals surface area contributed by atoms with Crippen LogP contribution in [0, 0.1) is 16.7 Å². The molecule has 1 aliphatic rings. The summed E-state index contributed by atoms with van der Waals surface area (Å²) in [7, 11) is 0. The fourth-order valence-electron chi connectivity index (χ4n) is 3.08. The van der Waals surface area contributed by atoms with Crippen LogP contribution in [0.3, 0.4) is 0 Å². The van der Waals surface area contributed by atoms with Crippen LogP contribution in [0.15, 0.2) is 22.7 Å². The van der Waals surface area contributed by atoms with Crippen LogP contribution in [0.5, 0.6) is 5.75 Å². The second kappa shape index (κ2) is 6.98. The highest BCUT2D eigenvalue weighted by molar-refractivity contribution is 9.10. The van der Waals surface area contributed by atoms with E-state index >= 15 is 4.39 Å². The molecule has 2 rings (SSSR count). The first-order valence-electron chi connectivity index (χ1n) is 7.65. The maximum absolute atomic E-state index is 15.1. The molecule has 3 atom stereocenters. The number of piperidine rings is 1. The molecule has 1 saturated heterocycles. The van der Waals surface area contributed by atoms with Crippen LogP contribution >= 0.6 is 15.9 Å². The van der Waals surface area contributed by atoms with Gasteiger partial charge in [-0.3, -0.25) is 0 Å². The van der Waals surface area contributed by atoms with Gasteiger partial charge in [0.05, 0.1) is 11.6 Å². The van der Waals surface area contributed by atoms with Crippen LogP contribution in [0.1, 0.15) is 32.8 Å². The number of rotatable bonds is 2. The molecular weight excluding hydrogens is 379 g/mol. The molecule has 1 aromatic carbocycles. The lowest BCUT2D eigenvalue weighted by atomic mass is 9.78. The summed E-state index contributed by atoms with van der Waals surface area (Å²) in [5, 5.41) is 18.6. The zero-order valence-corrected chi connectivity index (χ0v) is 15.4. The number of ether oxygens (including phenoxy) is 1. The van der Waals surface area contributed by atoms with E-state index in [1.54, 1.807) is 18.2 Å². The van der Waals surface area contributed by atoms with E-state index < -0.39 is 29.8 Å². The Morgan fingerprint density at radius 3 is 2.71 bits per heavy atom. The summed E-state index contributed by atoms with van der Waals surface area (Å²) in [6.45, 7) is 5.62. The molecule has 1 aromatic rings. The zero-order valence-electron chi connectivity index (χ0n) is 13.8. The SMILES string of the molecule is CC(C)(C)C1[C@H](F)[C@H](Oc2ccc(Br)cc2C#N)CCN1C(=O)O. The minimum absolute atomic E-state index is 0.195. The molecular formula is C17H20BrFN2O3. The van der Waals surface area contributed by atoms with Crippen LogP contribution < -0.4 is 4.74 Å². The van der Waals surface area contributed by atoms with E-state index in [1.807, 2.05) is 26.8 Å². The predicted octanol–water partition coefficient (Wildman–Crippen LogP) is 4.20. The summed E-state index contributed by atoms with van der Waals surface area (Å²) in [6, 6.07) is 6.16. The third kappa shape index (κ3) is 3.81. The van der Waals surface area contributed by atoms with Crippen LogP contribution in [-0.2, 0) is 0 Å². The Morgan fingerprint density at radius 2 is 2.17 bits per heavy atom. The van der Waals surface area contributed by atoms with E-state index in [0.29, 0.717) is 11.3 Å². The van der Waals surface area contributed by atoms with Crippen molar-refractivity contribution in [3.05, 3.63) is 28.2 Å².